The maximum absolute atomic E-state index is 12.2. The molecule has 0 spiro atoms. The van der Waals surface area contributed by atoms with Gasteiger partial charge in [-0.05, 0) is 80.8 Å². The number of hydrogen-bond donors (Lipinski definition) is 1. The molecule has 1 aliphatic rings. The number of carbonyl (C=O) groups excluding carboxylic acids is 1. The van der Waals surface area contributed by atoms with Crippen molar-refractivity contribution in [1.29, 1.82) is 0 Å². The van der Waals surface area contributed by atoms with Gasteiger partial charge in [0.05, 0.1) is 6.04 Å². The van der Waals surface area contributed by atoms with E-state index in [0.717, 1.165) is 24.2 Å². The smallest absolute Gasteiger partial charge is 0.258 e. The molecule has 2 aromatic carbocycles. The van der Waals surface area contributed by atoms with Crippen molar-refractivity contribution in [3.8, 4) is 5.75 Å². The number of benzene rings is 2. The minimum Gasteiger partial charge on any atom is -0.484 e. The van der Waals surface area contributed by atoms with Gasteiger partial charge in [-0.15, -0.1) is 0 Å². The van der Waals surface area contributed by atoms with Crippen LogP contribution in [0.3, 0.4) is 0 Å². The van der Waals surface area contributed by atoms with Gasteiger partial charge in [0.2, 0.25) is 0 Å². The molecule has 0 saturated heterocycles. The summed E-state index contributed by atoms with van der Waals surface area (Å²) >= 11 is 0. The first-order valence-corrected chi connectivity index (χ1v) is 9.14. The largest absolute Gasteiger partial charge is 0.484 e. The van der Waals surface area contributed by atoms with Crippen molar-refractivity contribution in [2.75, 3.05) is 6.61 Å². The Balaban J connectivity index is 1.56. The highest BCUT2D eigenvalue weighted by molar-refractivity contribution is 5.78. The number of rotatable bonds is 5. The lowest BCUT2D eigenvalue weighted by Gasteiger charge is -2.18. The Labute approximate surface area is 150 Å². The second kappa shape index (κ2) is 7.73. The van der Waals surface area contributed by atoms with E-state index in [-0.39, 0.29) is 18.6 Å². The monoisotopic (exact) mass is 337 g/mol. The molecule has 0 fully saturated rings. The van der Waals surface area contributed by atoms with Crippen molar-refractivity contribution in [2.45, 2.75) is 52.5 Å². The summed E-state index contributed by atoms with van der Waals surface area (Å²) in [5, 5.41) is 3.03. The third-order valence-electron chi connectivity index (χ3n) is 4.97. The summed E-state index contributed by atoms with van der Waals surface area (Å²) in [6.45, 7) is 6.20. The second-order valence-corrected chi connectivity index (χ2v) is 7.08. The van der Waals surface area contributed by atoms with E-state index >= 15 is 0 Å². The van der Waals surface area contributed by atoms with E-state index < -0.39 is 0 Å². The Morgan fingerprint density at radius 1 is 1.08 bits per heavy atom. The lowest BCUT2D eigenvalue weighted by atomic mass is 9.92. The van der Waals surface area contributed by atoms with Crippen LogP contribution in [0.5, 0.6) is 5.75 Å². The zero-order chi connectivity index (χ0) is 17.8. The van der Waals surface area contributed by atoms with Gasteiger partial charge in [-0.3, -0.25) is 4.79 Å². The van der Waals surface area contributed by atoms with Crippen molar-refractivity contribution in [3.63, 3.8) is 0 Å². The first-order chi connectivity index (χ1) is 12.0. The Bertz CT molecular complexity index is 767. The highest BCUT2D eigenvalue weighted by Gasteiger charge is 2.14. The van der Waals surface area contributed by atoms with Gasteiger partial charge >= 0.3 is 0 Å². The molecule has 3 rings (SSSR count). The molecule has 1 N–H and O–H groups in total. The van der Waals surface area contributed by atoms with Gasteiger partial charge in [0.1, 0.15) is 5.75 Å². The molecule has 3 heteroatoms. The Kier molecular flexibility index (Phi) is 5.42. The van der Waals surface area contributed by atoms with E-state index in [4.69, 9.17) is 4.74 Å². The first kappa shape index (κ1) is 17.5. The zero-order valence-corrected chi connectivity index (χ0v) is 15.4. The van der Waals surface area contributed by atoms with Crippen molar-refractivity contribution < 1.29 is 9.53 Å². The molecule has 0 unspecified atom stereocenters. The molecule has 1 amide bonds. The van der Waals surface area contributed by atoms with Crippen LogP contribution in [0.2, 0.25) is 0 Å². The summed E-state index contributed by atoms with van der Waals surface area (Å²) in [6.07, 6.45) is 4.78. The lowest BCUT2D eigenvalue weighted by Crippen LogP contribution is -2.31. The van der Waals surface area contributed by atoms with Gasteiger partial charge in [-0.1, -0.05) is 29.8 Å². The minimum absolute atomic E-state index is 0.0282. The molecule has 3 nitrogen and oxygen atoms in total. The molecule has 0 radical (unpaired) electrons. The fourth-order valence-electron chi connectivity index (χ4n) is 3.54. The van der Waals surface area contributed by atoms with Crippen molar-refractivity contribution >= 4 is 5.91 Å². The van der Waals surface area contributed by atoms with Crippen LogP contribution in [0.25, 0.3) is 0 Å². The maximum Gasteiger partial charge on any atom is 0.258 e. The minimum atomic E-state index is -0.0915. The molecule has 0 aliphatic heterocycles. The third kappa shape index (κ3) is 4.41. The van der Waals surface area contributed by atoms with Crippen LogP contribution in [-0.2, 0) is 17.6 Å². The molecule has 2 aromatic rings. The predicted octanol–water partition coefficient (Wildman–Crippen LogP) is 4.44. The molecular formula is C22H27NO2. The van der Waals surface area contributed by atoms with E-state index in [0.29, 0.717) is 0 Å². The van der Waals surface area contributed by atoms with Crippen LogP contribution < -0.4 is 10.1 Å². The average molecular weight is 337 g/mol. The Morgan fingerprint density at radius 3 is 2.64 bits per heavy atom. The number of ether oxygens (including phenoxy) is 1. The topological polar surface area (TPSA) is 38.3 Å². The molecule has 25 heavy (non-hydrogen) atoms. The highest BCUT2D eigenvalue weighted by Crippen LogP contribution is 2.25. The fourth-order valence-corrected chi connectivity index (χ4v) is 3.54. The predicted molar refractivity (Wildman–Crippen MR) is 101 cm³/mol. The summed E-state index contributed by atoms with van der Waals surface area (Å²) in [5.74, 6) is 0.696. The van der Waals surface area contributed by atoms with E-state index in [1.54, 1.807) is 0 Å². The number of hydrogen-bond acceptors (Lipinski definition) is 2. The summed E-state index contributed by atoms with van der Waals surface area (Å²) in [7, 11) is 0. The van der Waals surface area contributed by atoms with E-state index in [1.165, 1.54) is 35.1 Å². The molecule has 0 aromatic heterocycles. The van der Waals surface area contributed by atoms with Crippen molar-refractivity contribution in [1.82, 2.24) is 5.32 Å². The SMILES string of the molecule is Cc1ccc(C)c([C@H](C)NC(=O)COc2ccc3c(c2)CCCC3)c1. The van der Waals surface area contributed by atoms with Crippen molar-refractivity contribution in [3.05, 3.63) is 64.2 Å². The van der Waals surface area contributed by atoms with Crippen LogP contribution in [0.4, 0.5) is 0 Å². The van der Waals surface area contributed by atoms with Crippen LogP contribution in [0.1, 0.15) is 53.6 Å². The van der Waals surface area contributed by atoms with Gasteiger partial charge in [0.15, 0.2) is 6.61 Å². The van der Waals surface area contributed by atoms with Gasteiger partial charge in [0.25, 0.3) is 5.91 Å². The molecule has 132 valence electrons. The Morgan fingerprint density at radius 2 is 1.84 bits per heavy atom. The van der Waals surface area contributed by atoms with Crippen molar-refractivity contribution in [2.24, 2.45) is 0 Å². The third-order valence-corrected chi connectivity index (χ3v) is 4.97. The van der Waals surface area contributed by atoms with E-state index in [9.17, 15) is 4.79 Å². The highest BCUT2D eigenvalue weighted by atomic mass is 16.5. The summed E-state index contributed by atoms with van der Waals surface area (Å²) in [4.78, 5) is 12.2. The number of carbonyl (C=O) groups is 1. The molecule has 0 bridgehead atoms. The summed E-state index contributed by atoms with van der Waals surface area (Å²) in [5.41, 5.74) is 6.34. The quantitative estimate of drug-likeness (QED) is 0.876. The van der Waals surface area contributed by atoms with Crippen LogP contribution in [0, 0.1) is 13.8 Å². The van der Waals surface area contributed by atoms with Gasteiger partial charge in [-0.2, -0.15) is 0 Å². The van der Waals surface area contributed by atoms with Gasteiger partial charge < -0.3 is 10.1 Å². The molecular weight excluding hydrogens is 310 g/mol. The maximum atomic E-state index is 12.2. The average Bonchev–Trinajstić information content (AvgIpc) is 2.61. The summed E-state index contributed by atoms with van der Waals surface area (Å²) in [6, 6.07) is 12.5. The van der Waals surface area contributed by atoms with Crippen LogP contribution >= 0.6 is 0 Å². The molecule has 0 saturated carbocycles. The lowest BCUT2D eigenvalue weighted by molar-refractivity contribution is -0.123. The summed E-state index contributed by atoms with van der Waals surface area (Å²) < 4.78 is 5.71. The standard InChI is InChI=1S/C22H27NO2/c1-15-8-9-16(2)21(12-15)17(3)23-22(24)14-25-20-11-10-18-6-4-5-7-19(18)13-20/h8-13,17H,4-7,14H2,1-3H3,(H,23,24)/t17-/m0/s1. The van der Waals surface area contributed by atoms with E-state index in [2.05, 4.69) is 49.5 Å². The fraction of sp³-hybridized carbons (Fsp3) is 0.409. The number of nitrogens with one attached hydrogen (secondary N) is 1. The number of aryl methyl sites for hydroxylation is 4. The Hall–Kier alpha value is -2.29. The normalized spacial score (nSPS) is 14.5. The second-order valence-electron chi connectivity index (χ2n) is 7.08. The van der Waals surface area contributed by atoms with E-state index in [1.807, 2.05) is 13.0 Å². The van der Waals surface area contributed by atoms with Crippen LogP contribution in [0.15, 0.2) is 36.4 Å². The number of fused-ring (bicyclic) bond motifs is 1. The van der Waals surface area contributed by atoms with Gasteiger partial charge in [-0.25, -0.2) is 0 Å². The molecule has 1 atom stereocenters. The van der Waals surface area contributed by atoms with Gasteiger partial charge in [0, 0.05) is 0 Å². The van der Waals surface area contributed by atoms with Crippen LogP contribution in [-0.4, -0.2) is 12.5 Å². The zero-order valence-electron chi connectivity index (χ0n) is 15.4. The molecule has 0 heterocycles. The first-order valence-electron chi connectivity index (χ1n) is 9.14. The number of amides is 1. The molecule has 1 aliphatic carbocycles.